The molecule has 0 radical (unpaired) electrons. The number of rotatable bonds is 3. The number of hydrogen-bond acceptors (Lipinski definition) is 5. The Hall–Kier alpha value is -1.34. The highest BCUT2D eigenvalue weighted by Gasteiger charge is 2.15. The first-order valence-electron chi connectivity index (χ1n) is 4.88. The number of hydrogen-bond donors (Lipinski definition) is 1. The summed E-state index contributed by atoms with van der Waals surface area (Å²) in [5.41, 5.74) is 7.75. The van der Waals surface area contributed by atoms with E-state index in [4.69, 9.17) is 5.73 Å². The summed E-state index contributed by atoms with van der Waals surface area (Å²) in [5, 5.41) is 10.2. The van der Waals surface area contributed by atoms with E-state index in [1.54, 1.807) is 4.68 Å². The maximum Gasteiger partial charge on any atom is 0.192 e. The Bertz CT molecular complexity index is 500. The Kier molecular flexibility index (Phi) is 2.97. The topological polar surface area (TPSA) is 74.5 Å². The third-order valence-corrected chi connectivity index (χ3v) is 3.61. The van der Waals surface area contributed by atoms with E-state index < -0.39 is 0 Å². The van der Waals surface area contributed by atoms with Crippen LogP contribution in [0.2, 0.25) is 0 Å². The quantitative estimate of drug-likeness (QED) is 0.841. The second-order valence-corrected chi connectivity index (χ2v) is 4.42. The standard InChI is InChI=1S/C9H14N6S/c1-6-7(4-10)8(14(2)13-6)16-9-11-5-12-15(9)3/h5H,4,10H2,1-3H3. The lowest BCUT2D eigenvalue weighted by Gasteiger charge is -2.03. The van der Waals surface area contributed by atoms with Crippen LogP contribution >= 0.6 is 11.8 Å². The fourth-order valence-corrected chi connectivity index (χ4v) is 2.49. The predicted molar refractivity (Wildman–Crippen MR) is 61.0 cm³/mol. The van der Waals surface area contributed by atoms with E-state index in [0.29, 0.717) is 6.54 Å². The molecule has 7 heteroatoms. The van der Waals surface area contributed by atoms with Crippen molar-refractivity contribution in [2.75, 3.05) is 0 Å². The van der Waals surface area contributed by atoms with E-state index in [1.807, 2.05) is 25.7 Å². The molecule has 2 rings (SSSR count). The molecule has 2 aromatic heterocycles. The van der Waals surface area contributed by atoms with Gasteiger partial charge in [-0.2, -0.15) is 10.2 Å². The van der Waals surface area contributed by atoms with Crippen molar-refractivity contribution in [3.8, 4) is 0 Å². The van der Waals surface area contributed by atoms with Gasteiger partial charge in [0.25, 0.3) is 0 Å². The molecule has 0 aliphatic heterocycles. The lowest BCUT2D eigenvalue weighted by atomic mass is 10.3. The Labute approximate surface area is 97.8 Å². The van der Waals surface area contributed by atoms with Crippen molar-refractivity contribution in [3.05, 3.63) is 17.6 Å². The summed E-state index contributed by atoms with van der Waals surface area (Å²) in [5.74, 6) is 0. The fourth-order valence-electron chi connectivity index (χ4n) is 1.51. The molecule has 0 spiro atoms. The molecule has 2 heterocycles. The largest absolute Gasteiger partial charge is 0.326 e. The summed E-state index contributed by atoms with van der Waals surface area (Å²) in [7, 11) is 3.77. The smallest absolute Gasteiger partial charge is 0.192 e. The van der Waals surface area contributed by atoms with E-state index in [1.165, 1.54) is 18.1 Å². The van der Waals surface area contributed by atoms with Gasteiger partial charge in [0.2, 0.25) is 0 Å². The zero-order chi connectivity index (χ0) is 11.7. The van der Waals surface area contributed by atoms with Crippen LogP contribution in [0.3, 0.4) is 0 Å². The van der Waals surface area contributed by atoms with Gasteiger partial charge in [-0.15, -0.1) is 0 Å². The van der Waals surface area contributed by atoms with Gasteiger partial charge < -0.3 is 5.73 Å². The molecule has 0 saturated carbocycles. The van der Waals surface area contributed by atoms with Gasteiger partial charge in [-0.25, -0.2) is 9.67 Å². The molecule has 2 aromatic rings. The molecule has 0 aliphatic carbocycles. The van der Waals surface area contributed by atoms with Crippen LogP contribution in [-0.4, -0.2) is 24.5 Å². The molecule has 0 aliphatic rings. The summed E-state index contributed by atoms with van der Waals surface area (Å²) in [6.07, 6.45) is 1.54. The zero-order valence-electron chi connectivity index (χ0n) is 9.51. The minimum Gasteiger partial charge on any atom is -0.326 e. The molecular weight excluding hydrogens is 224 g/mol. The molecule has 16 heavy (non-hydrogen) atoms. The van der Waals surface area contributed by atoms with Gasteiger partial charge in [0.15, 0.2) is 5.16 Å². The van der Waals surface area contributed by atoms with Gasteiger partial charge in [-0.1, -0.05) is 0 Å². The molecule has 86 valence electrons. The van der Waals surface area contributed by atoms with Crippen molar-refractivity contribution in [2.24, 2.45) is 19.8 Å². The zero-order valence-corrected chi connectivity index (χ0v) is 10.3. The van der Waals surface area contributed by atoms with Gasteiger partial charge in [-0.05, 0) is 18.7 Å². The normalized spacial score (nSPS) is 11.0. The molecule has 0 unspecified atom stereocenters. The van der Waals surface area contributed by atoms with Gasteiger partial charge >= 0.3 is 0 Å². The number of nitrogens with zero attached hydrogens (tertiary/aromatic N) is 5. The van der Waals surface area contributed by atoms with Crippen molar-refractivity contribution in [1.82, 2.24) is 24.5 Å². The fraction of sp³-hybridized carbons (Fsp3) is 0.444. The average molecular weight is 238 g/mol. The van der Waals surface area contributed by atoms with Gasteiger partial charge in [0.1, 0.15) is 11.4 Å². The molecular formula is C9H14N6S. The summed E-state index contributed by atoms with van der Waals surface area (Å²) in [6.45, 7) is 2.45. The van der Waals surface area contributed by atoms with Crippen molar-refractivity contribution in [2.45, 2.75) is 23.7 Å². The lowest BCUT2D eigenvalue weighted by Crippen LogP contribution is -2.01. The molecule has 0 saturated heterocycles. The molecule has 0 aromatic carbocycles. The van der Waals surface area contributed by atoms with E-state index in [0.717, 1.165) is 21.4 Å². The lowest BCUT2D eigenvalue weighted by molar-refractivity contribution is 0.668. The SMILES string of the molecule is Cc1nn(C)c(Sc2ncnn2C)c1CN. The van der Waals surface area contributed by atoms with Crippen molar-refractivity contribution >= 4 is 11.8 Å². The second kappa shape index (κ2) is 4.26. The highest BCUT2D eigenvalue weighted by molar-refractivity contribution is 7.99. The van der Waals surface area contributed by atoms with Crippen LogP contribution in [0.25, 0.3) is 0 Å². The predicted octanol–water partition coefficient (Wildman–Crippen LogP) is 0.467. The molecule has 6 nitrogen and oxygen atoms in total. The second-order valence-electron chi connectivity index (χ2n) is 3.47. The summed E-state index contributed by atoms with van der Waals surface area (Å²) in [4.78, 5) is 4.17. The van der Waals surface area contributed by atoms with Crippen LogP contribution < -0.4 is 5.73 Å². The Morgan fingerprint density at radius 1 is 1.38 bits per heavy atom. The molecule has 0 amide bonds. The maximum absolute atomic E-state index is 5.72. The summed E-state index contributed by atoms with van der Waals surface area (Å²) >= 11 is 1.53. The number of nitrogens with two attached hydrogens (primary N) is 1. The van der Waals surface area contributed by atoms with Gasteiger partial charge in [0.05, 0.1) is 5.69 Å². The van der Waals surface area contributed by atoms with Crippen LogP contribution in [0.5, 0.6) is 0 Å². The van der Waals surface area contributed by atoms with E-state index in [-0.39, 0.29) is 0 Å². The third-order valence-electron chi connectivity index (χ3n) is 2.35. The third kappa shape index (κ3) is 1.83. The molecule has 0 atom stereocenters. The van der Waals surface area contributed by atoms with E-state index in [2.05, 4.69) is 15.2 Å². The van der Waals surface area contributed by atoms with Crippen LogP contribution in [-0.2, 0) is 20.6 Å². The summed E-state index contributed by atoms with van der Waals surface area (Å²) < 4.78 is 3.56. The van der Waals surface area contributed by atoms with Crippen molar-refractivity contribution < 1.29 is 0 Å². The minimum atomic E-state index is 0.486. The summed E-state index contributed by atoms with van der Waals surface area (Å²) in [6, 6.07) is 0. The Balaban J connectivity index is 2.38. The highest BCUT2D eigenvalue weighted by Crippen LogP contribution is 2.29. The molecule has 2 N–H and O–H groups in total. The first-order valence-corrected chi connectivity index (χ1v) is 5.69. The molecule has 0 bridgehead atoms. The maximum atomic E-state index is 5.72. The van der Waals surface area contributed by atoms with Gasteiger partial charge in [0, 0.05) is 26.2 Å². The van der Waals surface area contributed by atoms with Crippen LogP contribution in [0.1, 0.15) is 11.3 Å². The Morgan fingerprint density at radius 2 is 2.12 bits per heavy atom. The van der Waals surface area contributed by atoms with Crippen molar-refractivity contribution in [3.63, 3.8) is 0 Å². The van der Waals surface area contributed by atoms with Gasteiger partial charge in [-0.3, -0.25) is 4.68 Å². The molecule has 0 fully saturated rings. The average Bonchev–Trinajstić information content (AvgIpc) is 2.74. The van der Waals surface area contributed by atoms with Crippen LogP contribution in [0.4, 0.5) is 0 Å². The number of aryl methyl sites for hydroxylation is 3. The minimum absolute atomic E-state index is 0.486. The van der Waals surface area contributed by atoms with Crippen molar-refractivity contribution in [1.29, 1.82) is 0 Å². The number of aromatic nitrogens is 5. The monoisotopic (exact) mass is 238 g/mol. The van der Waals surface area contributed by atoms with Crippen LogP contribution in [0, 0.1) is 6.92 Å². The first kappa shape index (κ1) is 11.2. The van der Waals surface area contributed by atoms with E-state index >= 15 is 0 Å². The Morgan fingerprint density at radius 3 is 2.69 bits per heavy atom. The van der Waals surface area contributed by atoms with Crippen LogP contribution in [0.15, 0.2) is 16.5 Å². The first-order chi connectivity index (χ1) is 7.63. The highest BCUT2D eigenvalue weighted by atomic mass is 32.2. The van der Waals surface area contributed by atoms with E-state index in [9.17, 15) is 0 Å².